The Morgan fingerprint density at radius 3 is 1.58 bits per heavy atom. The zero-order valence-corrected chi connectivity index (χ0v) is 28.9. The van der Waals surface area contributed by atoms with Crippen LogP contribution < -0.4 is 21.9 Å². The molecule has 1 aliphatic heterocycles. The quantitative estimate of drug-likeness (QED) is 0.256. The zero-order chi connectivity index (χ0) is 31.9. The van der Waals surface area contributed by atoms with Crippen LogP contribution in [0.25, 0.3) is 0 Å². The van der Waals surface area contributed by atoms with Crippen LogP contribution in [0.15, 0.2) is 38.1 Å². The van der Waals surface area contributed by atoms with Crippen molar-refractivity contribution in [2.75, 3.05) is 35.2 Å². The van der Waals surface area contributed by atoms with E-state index in [-0.39, 0.29) is 11.2 Å². The van der Waals surface area contributed by atoms with Gasteiger partial charge in [-0.3, -0.25) is 13.9 Å². The third-order valence-corrected chi connectivity index (χ3v) is 9.75. The third kappa shape index (κ3) is 12.1. The number of aromatic nitrogens is 6. The lowest BCUT2D eigenvalue weighted by Gasteiger charge is -2.13. The van der Waals surface area contributed by atoms with Crippen LogP contribution >= 0.6 is 23.5 Å². The molecule has 0 fully saturated rings. The van der Waals surface area contributed by atoms with E-state index in [0.29, 0.717) is 13.1 Å². The standard InChI is InChI=1S/C33H50N8O2S2/c1-25-22-28-34-16-10-4-5-11-17-35-29-23-26(2)37-32(39-29)45-21-15-9-7-13-19-41-30(42)24-27(3)40(33(41)43)18-12-6-8-14-20-44-31(36-25)38-28/h22-24H,4-21H2,1-3H3,(H,34,36,38)(H,35,37,39). The van der Waals surface area contributed by atoms with Crippen molar-refractivity contribution in [2.45, 2.75) is 121 Å². The lowest BCUT2D eigenvalue weighted by molar-refractivity contribution is 0.490. The number of hydrogen-bond donors (Lipinski definition) is 2. The van der Waals surface area contributed by atoms with E-state index in [2.05, 4.69) is 20.6 Å². The fourth-order valence-electron chi connectivity index (χ4n) is 5.41. The minimum atomic E-state index is -0.194. The first kappa shape index (κ1) is 35.0. The molecule has 3 aromatic heterocycles. The summed E-state index contributed by atoms with van der Waals surface area (Å²) in [4.78, 5) is 44.5. The highest BCUT2D eigenvalue weighted by Crippen LogP contribution is 2.20. The molecule has 0 saturated heterocycles. The van der Waals surface area contributed by atoms with Crippen molar-refractivity contribution >= 4 is 35.2 Å². The molecule has 1 aliphatic rings. The van der Waals surface area contributed by atoms with Crippen LogP contribution in [-0.2, 0) is 13.1 Å². The molecule has 246 valence electrons. The predicted molar refractivity (Wildman–Crippen MR) is 187 cm³/mol. The van der Waals surface area contributed by atoms with Crippen molar-refractivity contribution in [3.8, 4) is 0 Å². The molecule has 6 bridgehead atoms. The van der Waals surface area contributed by atoms with E-state index >= 15 is 0 Å². The average Bonchev–Trinajstić information content (AvgIpc) is 2.99. The van der Waals surface area contributed by atoms with E-state index in [1.54, 1.807) is 34.2 Å². The minimum Gasteiger partial charge on any atom is -0.370 e. The topological polar surface area (TPSA) is 120 Å². The van der Waals surface area contributed by atoms with E-state index in [1.165, 1.54) is 17.4 Å². The Labute approximate surface area is 276 Å². The van der Waals surface area contributed by atoms with Gasteiger partial charge in [-0.2, -0.15) is 0 Å². The maximum atomic E-state index is 13.2. The summed E-state index contributed by atoms with van der Waals surface area (Å²) in [5.74, 6) is 3.71. The molecular formula is C33H50N8O2S2. The molecule has 0 aliphatic carbocycles. The summed E-state index contributed by atoms with van der Waals surface area (Å²) in [6, 6.07) is 5.63. The van der Waals surface area contributed by atoms with Crippen molar-refractivity contribution in [1.29, 1.82) is 0 Å². The lowest BCUT2D eigenvalue weighted by atomic mass is 10.2. The Morgan fingerprint density at radius 2 is 1.04 bits per heavy atom. The normalized spacial score (nSPS) is 17.3. The Bertz CT molecular complexity index is 1480. The van der Waals surface area contributed by atoms with Crippen molar-refractivity contribution in [3.63, 3.8) is 0 Å². The number of nitrogens with one attached hydrogen (secondary N) is 2. The van der Waals surface area contributed by atoms with E-state index in [9.17, 15) is 9.59 Å². The number of anilines is 2. The molecule has 0 radical (unpaired) electrons. The number of rotatable bonds is 0. The Kier molecular flexibility index (Phi) is 14.7. The fraction of sp³-hybridized carbons (Fsp3) is 0.636. The van der Waals surface area contributed by atoms with Crippen LogP contribution in [0.3, 0.4) is 0 Å². The van der Waals surface area contributed by atoms with Gasteiger partial charge < -0.3 is 10.6 Å². The fourth-order valence-corrected chi connectivity index (χ4v) is 7.22. The smallest absolute Gasteiger partial charge is 0.331 e. The van der Waals surface area contributed by atoms with Gasteiger partial charge in [-0.05, 0) is 59.3 Å². The van der Waals surface area contributed by atoms with E-state index in [4.69, 9.17) is 9.97 Å². The van der Waals surface area contributed by atoms with Crippen molar-refractivity contribution in [1.82, 2.24) is 29.1 Å². The molecule has 0 atom stereocenters. The van der Waals surface area contributed by atoms with Gasteiger partial charge >= 0.3 is 5.69 Å². The Hall–Kier alpha value is -2.86. The molecule has 0 unspecified atom stereocenters. The number of fused-ring (bicyclic) bond motifs is 6. The summed E-state index contributed by atoms with van der Waals surface area (Å²) >= 11 is 3.40. The van der Waals surface area contributed by atoms with Crippen LogP contribution in [0.1, 0.15) is 94.1 Å². The lowest BCUT2D eigenvalue weighted by Crippen LogP contribution is -2.40. The number of thioether (sulfide) groups is 2. The molecule has 4 heterocycles. The van der Waals surface area contributed by atoms with Gasteiger partial charge in [0.25, 0.3) is 5.56 Å². The first-order valence-corrected chi connectivity index (χ1v) is 18.6. The van der Waals surface area contributed by atoms with Gasteiger partial charge in [0.1, 0.15) is 11.6 Å². The Morgan fingerprint density at radius 1 is 0.578 bits per heavy atom. The van der Waals surface area contributed by atoms with E-state index in [0.717, 1.165) is 128 Å². The van der Waals surface area contributed by atoms with Gasteiger partial charge in [0.15, 0.2) is 10.3 Å². The maximum absolute atomic E-state index is 13.2. The second-order valence-corrected chi connectivity index (χ2v) is 14.0. The van der Waals surface area contributed by atoms with Gasteiger partial charge in [-0.25, -0.2) is 24.7 Å². The predicted octanol–water partition coefficient (Wildman–Crippen LogP) is 6.62. The van der Waals surface area contributed by atoms with Gasteiger partial charge in [0.05, 0.1) is 0 Å². The number of hydrogen-bond acceptors (Lipinski definition) is 10. The molecule has 0 amide bonds. The highest BCUT2D eigenvalue weighted by molar-refractivity contribution is 7.99. The second-order valence-electron chi connectivity index (χ2n) is 11.9. The summed E-state index contributed by atoms with van der Waals surface area (Å²) < 4.78 is 3.19. The molecule has 3 aromatic rings. The number of aryl methyl sites for hydroxylation is 3. The highest BCUT2D eigenvalue weighted by Gasteiger charge is 2.10. The van der Waals surface area contributed by atoms with Gasteiger partial charge in [-0.15, -0.1) is 0 Å². The summed E-state index contributed by atoms with van der Waals surface area (Å²) in [7, 11) is 0. The van der Waals surface area contributed by atoms with E-state index in [1.807, 2.05) is 32.9 Å². The highest BCUT2D eigenvalue weighted by atomic mass is 32.2. The number of nitrogens with zero attached hydrogens (tertiary/aromatic N) is 6. The molecule has 4 rings (SSSR count). The average molecular weight is 655 g/mol. The van der Waals surface area contributed by atoms with Gasteiger partial charge in [0, 0.05) is 73.0 Å². The van der Waals surface area contributed by atoms with Crippen LogP contribution in [0, 0.1) is 20.8 Å². The summed E-state index contributed by atoms with van der Waals surface area (Å²) in [6.07, 6.45) is 12.5. The van der Waals surface area contributed by atoms with E-state index < -0.39 is 0 Å². The first-order valence-electron chi connectivity index (χ1n) is 16.6. The largest absolute Gasteiger partial charge is 0.370 e. The minimum absolute atomic E-state index is 0.177. The summed E-state index contributed by atoms with van der Waals surface area (Å²) in [5, 5.41) is 8.60. The van der Waals surface area contributed by atoms with Crippen molar-refractivity contribution < 1.29 is 0 Å². The SMILES string of the molecule is Cc1cc2nc(n1)SCCCCCCn1c(C)cc(=O)n(c1=O)CCCCCCSc1nc(C)cc(n1)NCCCCCCN2. The van der Waals surface area contributed by atoms with Crippen LogP contribution in [0.4, 0.5) is 11.6 Å². The van der Waals surface area contributed by atoms with Crippen LogP contribution in [-0.4, -0.2) is 53.7 Å². The van der Waals surface area contributed by atoms with Gasteiger partial charge in [-0.1, -0.05) is 62.0 Å². The molecule has 12 heteroatoms. The van der Waals surface area contributed by atoms with Crippen molar-refractivity contribution in [3.05, 3.63) is 56.1 Å². The zero-order valence-electron chi connectivity index (χ0n) is 27.3. The first-order chi connectivity index (χ1) is 21.9. The summed E-state index contributed by atoms with van der Waals surface area (Å²) in [5.41, 5.74) is 2.32. The molecule has 0 spiro atoms. The summed E-state index contributed by atoms with van der Waals surface area (Å²) in [6.45, 7) is 8.80. The third-order valence-electron chi connectivity index (χ3n) is 7.88. The Balaban J connectivity index is 1.35. The van der Waals surface area contributed by atoms with Gasteiger partial charge in [0.2, 0.25) is 0 Å². The molecule has 0 aromatic carbocycles. The molecule has 2 N–H and O–H groups in total. The molecular weight excluding hydrogens is 605 g/mol. The molecule has 0 saturated carbocycles. The van der Waals surface area contributed by atoms with Crippen LogP contribution in [0.5, 0.6) is 0 Å². The molecule has 45 heavy (non-hydrogen) atoms. The monoisotopic (exact) mass is 654 g/mol. The van der Waals surface area contributed by atoms with Crippen LogP contribution in [0.2, 0.25) is 0 Å². The molecule has 10 nitrogen and oxygen atoms in total. The maximum Gasteiger partial charge on any atom is 0.331 e. The second kappa shape index (κ2) is 19.0. The van der Waals surface area contributed by atoms with Crippen molar-refractivity contribution in [2.24, 2.45) is 0 Å².